The summed E-state index contributed by atoms with van der Waals surface area (Å²) in [5.74, 6) is 0.785. The Morgan fingerprint density at radius 2 is 1.62 bits per heavy atom. The molecule has 0 aromatic heterocycles. The average Bonchev–Trinajstić information content (AvgIpc) is 2.09. The Morgan fingerprint density at radius 3 is 2.15 bits per heavy atom. The molecule has 0 spiro atoms. The summed E-state index contributed by atoms with van der Waals surface area (Å²) in [6.07, 6.45) is 15.4. The zero-order valence-corrected chi connectivity index (χ0v) is 9.00. The van der Waals surface area contributed by atoms with E-state index < -0.39 is 0 Å². The quantitative estimate of drug-likeness (QED) is 0.397. The maximum atomic E-state index is 3.66. The molecule has 0 radical (unpaired) electrons. The van der Waals surface area contributed by atoms with Gasteiger partial charge in [-0.05, 0) is 31.6 Å². The van der Waals surface area contributed by atoms with E-state index in [4.69, 9.17) is 0 Å². The van der Waals surface area contributed by atoms with Gasteiger partial charge in [0, 0.05) is 0 Å². The zero-order valence-electron chi connectivity index (χ0n) is 9.00. The molecule has 0 amide bonds. The van der Waals surface area contributed by atoms with Gasteiger partial charge in [0.2, 0.25) is 0 Å². The average molecular weight is 178 g/mol. The van der Waals surface area contributed by atoms with Crippen molar-refractivity contribution in [3.63, 3.8) is 0 Å². The van der Waals surface area contributed by atoms with Crippen LogP contribution in [0.1, 0.15) is 39.5 Å². The monoisotopic (exact) mass is 178 g/mol. The maximum absolute atomic E-state index is 3.66. The second-order valence-electron chi connectivity index (χ2n) is 3.67. The molecular formula is C13H22. The minimum Gasteiger partial charge on any atom is -0.103 e. The molecule has 0 aromatic carbocycles. The summed E-state index contributed by atoms with van der Waals surface area (Å²) in [5.41, 5.74) is 0. The third-order valence-corrected chi connectivity index (χ3v) is 1.74. The molecule has 0 unspecified atom stereocenters. The molecule has 0 N–H and O–H groups in total. The van der Waals surface area contributed by atoms with Gasteiger partial charge in [-0.15, -0.1) is 6.58 Å². The third kappa shape index (κ3) is 11.2. The van der Waals surface area contributed by atoms with Gasteiger partial charge in [0.25, 0.3) is 0 Å². The van der Waals surface area contributed by atoms with Crippen LogP contribution in [0.25, 0.3) is 0 Å². The Kier molecular flexibility index (Phi) is 8.75. The molecule has 0 fully saturated rings. The van der Waals surface area contributed by atoms with Crippen LogP contribution < -0.4 is 0 Å². The molecule has 0 saturated heterocycles. The minimum absolute atomic E-state index is 0.785. The molecule has 0 bridgehead atoms. The number of unbranched alkanes of at least 4 members (excludes halogenated alkanes) is 1. The Morgan fingerprint density at radius 1 is 1.00 bits per heavy atom. The van der Waals surface area contributed by atoms with Crippen molar-refractivity contribution in [2.24, 2.45) is 5.92 Å². The number of hydrogen-bond donors (Lipinski definition) is 0. The van der Waals surface area contributed by atoms with Crippen molar-refractivity contribution in [1.29, 1.82) is 0 Å². The van der Waals surface area contributed by atoms with Crippen LogP contribution in [0.5, 0.6) is 0 Å². The van der Waals surface area contributed by atoms with Crippen molar-refractivity contribution < 1.29 is 0 Å². The Hall–Kier alpha value is -0.780. The number of hydrogen-bond acceptors (Lipinski definition) is 0. The Labute approximate surface area is 83.0 Å². The lowest BCUT2D eigenvalue weighted by Gasteiger charge is -1.95. The van der Waals surface area contributed by atoms with Crippen LogP contribution in [0.15, 0.2) is 37.0 Å². The van der Waals surface area contributed by atoms with E-state index in [1.165, 1.54) is 12.8 Å². The first kappa shape index (κ1) is 12.2. The molecule has 0 aromatic rings. The molecule has 0 aliphatic carbocycles. The fraction of sp³-hybridized carbons (Fsp3) is 0.538. The van der Waals surface area contributed by atoms with Crippen LogP contribution >= 0.6 is 0 Å². The normalized spacial score (nSPS) is 11.9. The highest BCUT2D eigenvalue weighted by Gasteiger charge is 1.85. The first-order valence-corrected chi connectivity index (χ1v) is 5.18. The van der Waals surface area contributed by atoms with E-state index in [-0.39, 0.29) is 0 Å². The molecule has 0 nitrogen and oxygen atoms in total. The SMILES string of the molecule is C=CCC=CCCC=CCC(C)C. The highest BCUT2D eigenvalue weighted by Crippen LogP contribution is 2.02. The summed E-state index contributed by atoms with van der Waals surface area (Å²) in [7, 11) is 0. The van der Waals surface area contributed by atoms with Crippen molar-refractivity contribution in [2.45, 2.75) is 39.5 Å². The summed E-state index contributed by atoms with van der Waals surface area (Å²) >= 11 is 0. The molecule has 0 aliphatic rings. The van der Waals surface area contributed by atoms with E-state index in [0.29, 0.717) is 0 Å². The van der Waals surface area contributed by atoms with Crippen LogP contribution in [0.2, 0.25) is 0 Å². The molecule has 74 valence electrons. The highest BCUT2D eigenvalue weighted by molar-refractivity contribution is 4.91. The second kappa shape index (κ2) is 9.31. The van der Waals surface area contributed by atoms with Gasteiger partial charge < -0.3 is 0 Å². The first-order valence-electron chi connectivity index (χ1n) is 5.18. The largest absolute Gasteiger partial charge is 0.103 e. The fourth-order valence-electron chi connectivity index (χ4n) is 0.989. The maximum Gasteiger partial charge on any atom is -0.0172 e. The lowest BCUT2D eigenvalue weighted by Crippen LogP contribution is -1.80. The van der Waals surface area contributed by atoms with Crippen molar-refractivity contribution in [2.75, 3.05) is 0 Å². The lowest BCUT2D eigenvalue weighted by molar-refractivity contribution is 0.662. The second-order valence-corrected chi connectivity index (χ2v) is 3.67. The summed E-state index contributed by atoms with van der Waals surface area (Å²) in [6, 6.07) is 0. The number of rotatable bonds is 7. The third-order valence-electron chi connectivity index (χ3n) is 1.74. The van der Waals surface area contributed by atoms with Gasteiger partial charge in [0.15, 0.2) is 0 Å². The van der Waals surface area contributed by atoms with E-state index in [1.54, 1.807) is 0 Å². The van der Waals surface area contributed by atoms with Gasteiger partial charge in [-0.3, -0.25) is 0 Å². The first-order chi connectivity index (χ1) is 6.27. The van der Waals surface area contributed by atoms with Crippen LogP contribution in [0, 0.1) is 5.92 Å². The molecule has 0 heteroatoms. The summed E-state index contributed by atoms with van der Waals surface area (Å²) in [4.78, 5) is 0. The van der Waals surface area contributed by atoms with Gasteiger partial charge in [0.05, 0.1) is 0 Å². The predicted molar refractivity (Wildman–Crippen MR) is 61.8 cm³/mol. The van der Waals surface area contributed by atoms with Crippen LogP contribution in [0.3, 0.4) is 0 Å². The van der Waals surface area contributed by atoms with Gasteiger partial charge >= 0.3 is 0 Å². The zero-order chi connectivity index (χ0) is 9.94. The molecule has 0 aliphatic heterocycles. The van der Waals surface area contributed by atoms with Gasteiger partial charge in [-0.2, -0.15) is 0 Å². The van der Waals surface area contributed by atoms with E-state index >= 15 is 0 Å². The molecule has 0 rings (SSSR count). The lowest BCUT2D eigenvalue weighted by atomic mass is 10.1. The summed E-state index contributed by atoms with van der Waals surface area (Å²) < 4.78 is 0. The van der Waals surface area contributed by atoms with Crippen molar-refractivity contribution >= 4 is 0 Å². The topological polar surface area (TPSA) is 0 Å². The summed E-state index contributed by atoms with van der Waals surface area (Å²) in [5, 5.41) is 0. The standard InChI is InChI=1S/C13H22/c1-4-5-6-7-8-9-10-11-12-13(2)3/h4,6-7,10-11,13H,1,5,8-9,12H2,2-3H3. The van der Waals surface area contributed by atoms with Crippen molar-refractivity contribution in [1.82, 2.24) is 0 Å². The van der Waals surface area contributed by atoms with Crippen LogP contribution in [-0.2, 0) is 0 Å². The summed E-state index contributed by atoms with van der Waals surface area (Å²) in [6.45, 7) is 8.15. The molecule has 0 heterocycles. The highest BCUT2D eigenvalue weighted by atomic mass is 13.9. The number of allylic oxidation sites excluding steroid dienone is 5. The molecule has 0 saturated carbocycles. The predicted octanol–water partition coefficient (Wildman–Crippen LogP) is 4.50. The van der Waals surface area contributed by atoms with Gasteiger partial charge in [-0.1, -0.05) is 44.2 Å². The van der Waals surface area contributed by atoms with E-state index in [0.717, 1.165) is 18.8 Å². The van der Waals surface area contributed by atoms with Crippen LogP contribution in [0.4, 0.5) is 0 Å². The van der Waals surface area contributed by atoms with Crippen molar-refractivity contribution in [3.8, 4) is 0 Å². The Bertz CT molecular complexity index is 161. The van der Waals surface area contributed by atoms with E-state index in [9.17, 15) is 0 Å². The molecule has 0 atom stereocenters. The minimum atomic E-state index is 0.785. The molecule has 13 heavy (non-hydrogen) atoms. The Balaban J connectivity index is 3.24. The van der Waals surface area contributed by atoms with Crippen LogP contribution in [-0.4, -0.2) is 0 Å². The van der Waals surface area contributed by atoms with Crippen molar-refractivity contribution in [3.05, 3.63) is 37.0 Å². The van der Waals surface area contributed by atoms with Gasteiger partial charge in [-0.25, -0.2) is 0 Å². The fourth-order valence-corrected chi connectivity index (χ4v) is 0.989. The molecular weight excluding hydrogens is 156 g/mol. The van der Waals surface area contributed by atoms with E-state index in [2.05, 4.69) is 44.7 Å². The van der Waals surface area contributed by atoms with E-state index in [1.807, 2.05) is 6.08 Å². The smallest absolute Gasteiger partial charge is 0.0172 e. The van der Waals surface area contributed by atoms with Gasteiger partial charge in [0.1, 0.15) is 0 Å².